The van der Waals surface area contributed by atoms with Gasteiger partial charge in [-0.2, -0.15) is 4.31 Å². The molecular weight excluding hydrogens is 280 g/mol. The van der Waals surface area contributed by atoms with Crippen LogP contribution in [-0.2, 0) is 14.8 Å². The Morgan fingerprint density at radius 2 is 2.05 bits per heavy atom. The molecule has 1 atom stereocenters. The number of hydrogen-bond donors (Lipinski definition) is 2. The van der Waals surface area contributed by atoms with Crippen LogP contribution in [0.1, 0.15) is 5.56 Å². The zero-order valence-corrected chi connectivity index (χ0v) is 11.6. The average Bonchev–Trinajstić information content (AvgIpc) is 2.46. The average molecular weight is 296 g/mol. The molecule has 0 saturated carbocycles. The number of benzene rings is 1. The van der Waals surface area contributed by atoms with Crippen molar-refractivity contribution in [2.75, 3.05) is 19.6 Å². The van der Waals surface area contributed by atoms with E-state index < -0.39 is 22.0 Å². The van der Waals surface area contributed by atoms with Gasteiger partial charge in [-0.1, -0.05) is 30.3 Å². The van der Waals surface area contributed by atoms with Crippen molar-refractivity contribution < 1.29 is 18.3 Å². The standard InChI is InChI=1S/C13H16N2O4S/c16-13(17)12-10-15(8-7-14-12)20(18,19)9-6-11-4-2-1-3-5-11/h1-6,9,12,14H,7-8,10H2,(H,16,17)/b9-6+. The van der Waals surface area contributed by atoms with Gasteiger partial charge in [-0.25, -0.2) is 8.42 Å². The van der Waals surface area contributed by atoms with Crippen molar-refractivity contribution >= 4 is 22.1 Å². The lowest BCUT2D eigenvalue weighted by atomic mass is 10.2. The number of hydrogen-bond acceptors (Lipinski definition) is 4. The summed E-state index contributed by atoms with van der Waals surface area (Å²) in [6, 6.07) is 8.21. The van der Waals surface area contributed by atoms with Crippen LogP contribution in [0, 0.1) is 0 Å². The molecule has 0 spiro atoms. The first kappa shape index (κ1) is 14.7. The van der Waals surface area contributed by atoms with E-state index in [0.717, 1.165) is 11.0 Å². The van der Waals surface area contributed by atoms with Gasteiger partial charge < -0.3 is 10.4 Å². The number of sulfonamides is 1. The molecule has 1 fully saturated rings. The molecule has 0 aliphatic carbocycles. The number of carboxylic acid groups (broad SMARTS) is 1. The second kappa shape index (κ2) is 6.17. The maximum Gasteiger partial charge on any atom is 0.322 e. The van der Waals surface area contributed by atoms with Gasteiger partial charge in [0.05, 0.1) is 0 Å². The van der Waals surface area contributed by atoms with E-state index in [9.17, 15) is 13.2 Å². The van der Waals surface area contributed by atoms with Crippen LogP contribution in [0.2, 0.25) is 0 Å². The van der Waals surface area contributed by atoms with Gasteiger partial charge in [0.1, 0.15) is 6.04 Å². The van der Waals surface area contributed by atoms with Gasteiger partial charge in [-0.3, -0.25) is 4.79 Å². The fourth-order valence-corrected chi connectivity index (χ4v) is 3.14. The molecule has 1 unspecified atom stereocenters. The summed E-state index contributed by atoms with van der Waals surface area (Å²) in [5, 5.41) is 12.8. The van der Waals surface area contributed by atoms with E-state index in [1.54, 1.807) is 12.1 Å². The first-order valence-electron chi connectivity index (χ1n) is 6.18. The van der Waals surface area contributed by atoms with E-state index in [1.165, 1.54) is 10.4 Å². The lowest BCUT2D eigenvalue weighted by Gasteiger charge is -2.29. The minimum atomic E-state index is -3.60. The molecule has 7 heteroatoms. The highest BCUT2D eigenvalue weighted by atomic mass is 32.2. The lowest BCUT2D eigenvalue weighted by Crippen LogP contribution is -2.55. The van der Waals surface area contributed by atoms with Crippen molar-refractivity contribution in [1.82, 2.24) is 9.62 Å². The second-order valence-corrected chi connectivity index (χ2v) is 6.28. The Balaban J connectivity index is 2.10. The molecule has 0 amide bonds. The summed E-state index contributed by atoms with van der Waals surface area (Å²) < 4.78 is 25.5. The van der Waals surface area contributed by atoms with Gasteiger partial charge in [-0.15, -0.1) is 0 Å². The third-order valence-corrected chi connectivity index (χ3v) is 4.56. The summed E-state index contributed by atoms with van der Waals surface area (Å²) in [7, 11) is -3.60. The monoisotopic (exact) mass is 296 g/mol. The summed E-state index contributed by atoms with van der Waals surface area (Å²) in [6.07, 6.45) is 1.51. The van der Waals surface area contributed by atoms with Crippen LogP contribution in [-0.4, -0.2) is 49.5 Å². The predicted octanol–water partition coefficient (Wildman–Crippen LogP) is 0.345. The molecule has 0 radical (unpaired) electrons. The highest BCUT2D eigenvalue weighted by Crippen LogP contribution is 2.10. The summed E-state index contributed by atoms with van der Waals surface area (Å²) in [4.78, 5) is 10.9. The molecule has 2 rings (SSSR count). The van der Waals surface area contributed by atoms with Crippen LogP contribution in [0.3, 0.4) is 0 Å². The van der Waals surface area contributed by atoms with Crippen molar-refractivity contribution in [3.05, 3.63) is 41.3 Å². The molecule has 20 heavy (non-hydrogen) atoms. The predicted molar refractivity (Wildman–Crippen MR) is 75.4 cm³/mol. The van der Waals surface area contributed by atoms with Crippen molar-refractivity contribution in [3.63, 3.8) is 0 Å². The molecule has 1 aromatic carbocycles. The van der Waals surface area contributed by atoms with Gasteiger partial charge in [0.15, 0.2) is 0 Å². The number of nitrogens with one attached hydrogen (secondary N) is 1. The Kier molecular flexibility index (Phi) is 4.53. The van der Waals surface area contributed by atoms with Crippen molar-refractivity contribution in [2.45, 2.75) is 6.04 Å². The van der Waals surface area contributed by atoms with Crippen LogP contribution >= 0.6 is 0 Å². The van der Waals surface area contributed by atoms with Crippen LogP contribution in [0.15, 0.2) is 35.7 Å². The van der Waals surface area contributed by atoms with Crippen LogP contribution in [0.5, 0.6) is 0 Å². The summed E-state index contributed by atoms with van der Waals surface area (Å²) in [6.45, 7) is 0.539. The third-order valence-electron chi connectivity index (χ3n) is 3.03. The summed E-state index contributed by atoms with van der Waals surface area (Å²) >= 11 is 0. The molecule has 1 aliphatic heterocycles. The van der Waals surface area contributed by atoms with Crippen molar-refractivity contribution in [3.8, 4) is 0 Å². The topological polar surface area (TPSA) is 86.7 Å². The number of carbonyl (C=O) groups is 1. The van der Waals surface area contributed by atoms with E-state index in [0.29, 0.717) is 6.54 Å². The van der Waals surface area contributed by atoms with Crippen molar-refractivity contribution in [1.29, 1.82) is 0 Å². The summed E-state index contributed by atoms with van der Waals surface area (Å²) in [5.41, 5.74) is 0.779. The van der Waals surface area contributed by atoms with E-state index >= 15 is 0 Å². The molecule has 2 N–H and O–H groups in total. The SMILES string of the molecule is O=C(O)C1CN(S(=O)(=O)/C=C/c2ccccc2)CCN1. The number of piperazine rings is 1. The van der Waals surface area contributed by atoms with E-state index in [4.69, 9.17) is 5.11 Å². The molecule has 1 aromatic rings. The van der Waals surface area contributed by atoms with Crippen LogP contribution in [0.4, 0.5) is 0 Å². The zero-order valence-electron chi connectivity index (χ0n) is 10.8. The minimum Gasteiger partial charge on any atom is -0.480 e. The Morgan fingerprint density at radius 3 is 2.70 bits per heavy atom. The number of aliphatic carboxylic acids is 1. The first-order valence-corrected chi connectivity index (χ1v) is 7.69. The summed E-state index contributed by atoms with van der Waals surface area (Å²) in [5.74, 6) is -1.04. The van der Waals surface area contributed by atoms with Gasteiger partial charge in [0.25, 0.3) is 0 Å². The molecule has 1 aliphatic rings. The minimum absolute atomic E-state index is 0.0587. The second-order valence-electron chi connectivity index (χ2n) is 4.46. The Bertz CT molecular complexity index is 598. The maximum atomic E-state index is 12.1. The quantitative estimate of drug-likeness (QED) is 0.837. The van der Waals surface area contributed by atoms with E-state index in [1.807, 2.05) is 18.2 Å². The van der Waals surface area contributed by atoms with Gasteiger partial charge >= 0.3 is 5.97 Å². The fraction of sp³-hybridized carbons (Fsp3) is 0.308. The fourth-order valence-electron chi connectivity index (χ4n) is 1.93. The molecular formula is C13H16N2O4S. The van der Waals surface area contributed by atoms with Gasteiger partial charge in [0, 0.05) is 25.0 Å². The molecule has 0 bridgehead atoms. The molecule has 1 saturated heterocycles. The third kappa shape index (κ3) is 3.66. The maximum absolute atomic E-state index is 12.1. The number of carboxylic acids is 1. The highest BCUT2D eigenvalue weighted by molar-refractivity contribution is 7.92. The molecule has 6 nitrogen and oxygen atoms in total. The molecule has 0 aromatic heterocycles. The van der Waals surface area contributed by atoms with E-state index in [2.05, 4.69) is 5.32 Å². The Hall–Kier alpha value is -1.70. The zero-order chi connectivity index (χ0) is 14.6. The molecule has 108 valence electrons. The number of nitrogens with zero attached hydrogens (tertiary/aromatic N) is 1. The molecule has 1 heterocycles. The Morgan fingerprint density at radius 1 is 1.35 bits per heavy atom. The number of rotatable bonds is 4. The lowest BCUT2D eigenvalue weighted by molar-refractivity contribution is -0.140. The normalized spacial score (nSPS) is 21.1. The van der Waals surface area contributed by atoms with Gasteiger partial charge in [0.2, 0.25) is 10.0 Å². The first-order chi connectivity index (χ1) is 9.49. The van der Waals surface area contributed by atoms with E-state index in [-0.39, 0.29) is 13.1 Å². The van der Waals surface area contributed by atoms with Crippen LogP contribution in [0.25, 0.3) is 6.08 Å². The largest absolute Gasteiger partial charge is 0.480 e. The van der Waals surface area contributed by atoms with Crippen LogP contribution < -0.4 is 5.32 Å². The van der Waals surface area contributed by atoms with Crippen molar-refractivity contribution in [2.24, 2.45) is 0 Å². The Labute approximate surface area is 117 Å². The smallest absolute Gasteiger partial charge is 0.322 e. The van der Waals surface area contributed by atoms with Gasteiger partial charge in [-0.05, 0) is 11.6 Å². The highest BCUT2D eigenvalue weighted by Gasteiger charge is 2.30.